The summed E-state index contributed by atoms with van der Waals surface area (Å²) in [5.74, 6) is 1.43. The zero-order valence-electron chi connectivity index (χ0n) is 13.1. The average molecular weight is 326 g/mol. The molecule has 0 spiro atoms. The maximum absolute atomic E-state index is 5.76. The van der Waals surface area contributed by atoms with Crippen LogP contribution in [0.1, 0.15) is 28.6 Å². The third-order valence-electron chi connectivity index (χ3n) is 3.71. The molecule has 1 aromatic heterocycles. The molecule has 0 radical (unpaired) electrons. The van der Waals surface area contributed by atoms with E-state index in [0.29, 0.717) is 11.1 Å². The van der Waals surface area contributed by atoms with E-state index in [1.165, 1.54) is 16.7 Å². The summed E-state index contributed by atoms with van der Waals surface area (Å²) in [4.78, 5) is 0. The Morgan fingerprint density at radius 3 is 2.57 bits per heavy atom. The molecular formula is C18H20N3OS+. The Hall–Kier alpha value is -2.11. The molecule has 2 aromatic carbocycles. The number of aryl methyl sites for hydroxylation is 1. The summed E-state index contributed by atoms with van der Waals surface area (Å²) in [7, 11) is 0. The van der Waals surface area contributed by atoms with Gasteiger partial charge in [-0.2, -0.15) is 0 Å². The van der Waals surface area contributed by atoms with Gasteiger partial charge in [-0.3, -0.25) is 0 Å². The highest BCUT2D eigenvalue weighted by atomic mass is 32.2. The van der Waals surface area contributed by atoms with Gasteiger partial charge in [0, 0.05) is 12.2 Å². The van der Waals surface area contributed by atoms with Gasteiger partial charge in [-0.05, 0) is 23.6 Å². The zero-order chi connectivity index (χ0) is 16.1. The molecule has 0 unspecified atom stereocenters. The fraction of sp³-hybridized carbons (Fsp3) is 0.222. The van der Waals surface area contributed by atoms with Crippen molar-refractivity contribution < 1.29 is 10.2 Å². The van der Waals surface area contributed by atoms with E-state index >= 15 is 0 Å². The maximum atomic E-state index is 5.76. The number of hydrogen-bond acceptors (Lipinski definition) is 4. The highest BCUT2D eigenvalue weighted by Gasteiger charge is 2.18. The lowest BCUT2D eigenvalue weighted by atomic mass is 10.1. The van der Waals surface area contributed by atoms with Crippen LogP contribution in [0, 0.1) is 6.92 Å². The fourth-order valence-electron chi connectivity index (χ4n) is 2.34. The van der Waals surface area contributed by atoms with Crippen molar-refractivity contribution in [1.29, 1.82) is 0 Å². The summed E-state index contributed by atoms with van der Waals surface area (Å²) in [6, 6.07) is 18.5. The summed E-state index contributed by atoms with van der Waals surface area (Å²) in [6.45, 7) is 2.11. The van der Waals surface area contributed by atoms with E-state index in [-0.39, 0.29) is 6.04 Å². The van der Waals surface area contributed by atoms with Crippen LogP contribution < -0.4 is 5.73 Å². The number of benzene rings is 2. The first-order chi connectivity index (χ1) is 11.2. The van der Waals surface area contributed by atoms with E-state index in [1.54, 1.807) is 11.8 Å². The minimum atomic E-state index is -0.0299. The van der Waals surface area contributed by atoms with Gasteiger partial charge in [0.05, 0.1) is 0 Å². The van der Waals surface area contributed by atoms with Crippen LogP contribution in [0.15, 0.2) is 64.2 Å². The van der Waals surface area contributed by atoms with Gasteiger partial charge in [-0.25, -0.2) is 0 Å². The van der Waals surface area contributed by atoms with E-state index in [2.05, 4.69) is 47.1 Å². The molecule has 1 heterocycles. The van der Waals surface area contributed by atoms with Crippen LogP contribution >= 0.6 is 11.8 Å². The lowest BCUT2D eigenvalue weighted by molar-refractivity contribution is -0.431. The number of quaternary nitrogens is 1. The minimum Gasteiger partial charge on any atom is -0.410 e. The van der Waals surface area contributed by atoms with Gasteiger partial charge in [0.2, 0.25) is 0 Å². The molecule has 1 atom stereocenters. The first-order valence-electron chi connectivity index (χ1n) is 7.60. The largest absolute Gasteiger partial charge is 0.410 e. The first kappa shape index (κ1) is 15.8. The smallest absolute Gasteiger partial charge is 0.277 e. The van der Waals surface area contributed by atoms with Crippen LogP contribution in [-0.4, -0.2) is 10.2 Å². The van der Waals surface area contributed by atoms with Gasteiger partial charge < -0.3 is 10.2 Å². The third kappa shape index (κ3) is 4.21. The molecule has 23 heavy (non-hydrogen) atoms. The molecule has 118 valence electrons. The zero-order valence-corrected chi connectivity index (χ0v) is 13.9. The Morgan fingerprint density at radius 1 is 1.04 bits per heavy atom. The van der Waals surface area contributed by atoms with E-state index in [9.17, 15) is 0 Å². The van der Waals surface area contributed by atoms with E-state index in [1.807, 2.05) is 30.3 Å². The average Bonchev–Trinajstić information content (AvgIpc) is 3.04. The first-order valence-corrected chi connectivity index (χ1v) is 8.58. The third-order valence-corrected chi connectivity index (χ3v) is 4.58. The molecule has 5 heteroatoms. The summed E-state index contributed by atoms with van der Waals surface area (Å²) in [5, 5.41) is 8.88. The number of rotatable bonds is 6. The Kier molecular flexibility index (Phi) is 5.10. The predicted molar refractivity (Wildman–Crippen MR) is 90.8 cm³/mol. The van der Waals surface area contributed by atoms with Gasteiger partial charge in [0.15, 0.2) is 6.04 Å². The van der Waals surface area contributed by atoms with Gasteiger partial charge in [0.25, 0.3) is 11.1 Å². The highest BCUT2D eigenvalue weighted by Crippen LogP contribution is 2.24. The van der Waals surface area contributed by atoms with E-state index in [4.69, 9.17) is 4.42 Å². The number of nitrogens with zero attached hydrogens (tertiary/aromatic N) is 2. The second-order valence-electron chi connectivity index (χ2n) is 5.51. The van der Waals surface area contributed by atoms with Crippen molar-refractivity contribution in [3.8, 4) is 0 Å². The fourth-order valence-corrected chi connectivity index (χ4v) is 3.19. The second kappa shape index (κ2) is 7.44. The maximum Gasteiger partial charge on any atom is 0.277 e. The van der Waals surface area contributed by atoms with Crippen LogP contribution in [0.5, 0.6) is 0 Å². The van der Waals surface area contributed by atoms with Gasteiger partial charge in [-0.15, -0.1) is 10.2 Å². The molecule has 3 rings (SSSR count). The van der Waals surface area contributed by atoms with Crippen molar-refractivity contribution in [2.75, 3.05) is 0 Å². The molecule has 0 fully saturated rings. The lowest BCUT2D eigenvalue weighted by Gasteiger charge is -2.04. The molecule has 0 bridgehead atoms. The van der Waals surface area contributed by atoms with E-state index < -0.39 is 0 Å². The Balaban J connectivity index is 1.60. The monoisotopic (exact) mass is 326 g/mol. The predicted octanol–water partition coefficient (Wildman–Crippen LogP) is 3.20. The van der Waals surface area contributed by atoms with Gasteiger partial charge >= 0.3 is 0 Å². The summed E-state index contributed by atoms with van der Waals surface area (Å²) < 4.78 is 5.76. The Morgan fingerprint density at radius 2 is 1.78 bits per heavy atom. The number of thioether (sulfide) groups is 1. The minimum absolute atomic E-state index is 0.0299. The van der Waals surface area contributed by atoms with Crippen molar-refractivity contribution in [2.24, 2.45) is 0 Å². The van der Waals surface area contributed by atoms with Crippen molar-refractivity contribution >= 4 is 11.8 Å². The molecule has 0 aliphatic carbocycles. The molecular weight excluding hydrogens is 306 g/mol. The van der Waals surface area contributed by atoms with Crippen molar-refractivity contribution in [3.63, 3.8) is 0 Å². The number of hydrogen-bond donors (Lipinski definition) is 1. The Labute approximate surface area is 140 Å². The molecule has 0 saturated carbocycles. The lowest BCUT2D eigenvalue weighted by Crippen LogP contribution is -2.54. The normalized spacial score (nSPS) is 12.3. The number of aromatic nitrogens is 2. The standard InChI is InChI=1S/C18H19N3OS/c1-13-7-5-6-10-15(13)12-23-18-21-20-17(22-18)16(19)11-14-8-3-2-4-9-14/h2-10,16H,11-12,19H2,1H3/p+1/t16-/m0/s1. The Bertz CT molecular complexity index is 758. The molecule has 0 saturated heterocycles. The highest BCUT2D eigenvalue weighted by molar-refractivity contribution is 7.98. The van der Waals surface area contributed by atoms with Crippen LogP contribution in [0.4, 0.5) is 0 Å². The van der Waals surface area contributed by atoms with Crippen LogP contribution in [0.3, 0.4) is 0 Å². The van der Waals surface area contributed by atoms with Crippen LogP contribution in [0.25, 0.3) is 0 Å². The summed E-state index contributed by atoms with van der Waals surface area (Å²) >= 11 is 1.56. The summed E-state index contributed by atoms with van der Waals surface area (Å²) in [5.41, 5.74) is 7.93. The van der Waals surface area contributed by atoms with Crippen molar-refractivity contribution in [2.45, 2.75) is 30.4 Å². The second-order valence-corrected chi connectivity index (χ2v) is 6.43. The van der Waals surface area contributed by atoms with Crippen molar-refractivity contribution in [1.82, 2.24) is 10.2 Å². The molecule has 3 N–H and O–H groups in total. The van der Waals surface area contributed by atoms with Gasteiger partial charge in [-0.1, -0.05) is 66.4 Å². The van der Waals surface area contributed by atoms with E-state index in [0.717, 1.165) is 12.2 Å². The van der Waals surface area contributed by atoms with Crippen LogP contribution in [-0.2, 0) is 12.2 Å². The molecule has 3 aromatic rings. The molecule has 0 aliphatic rings. The molecule has 0 amide bonds. The molecule has 0 aliphatic heterocycles. The summed E-state index contributed by atoms with van der Waals surface area (Å²) in [6.07, 6.45) is 0.797. The van der Waals surface area contributed by atoms with Crippen LogP contribution in [0.2, 0.25) is 0 Å². The molecule has 4 nitrogen and oxygen atoms in total. The van der Waals surface area contributed by atoms with Gasteiger partial charge in [0.1, 0.15) is 0 Å². The van der Waals surface area contributed by atoms with Crippen molar-refractivity contribution in [3.05, 3.63) is 77.2 Å². The quantitative estimate of drug-likeness (QED) is 0.706. The topological polar surface area (TPSA) is 66.6 Å². The SMILES string of the molecule is Cc1ccccc1CSc1nnc([C@@H]([NH3+])Cc2ccccc2)o1.